The molecule has 6 nitrogen and oxygen atoms in total. The molecule has 0 aliphatic heterocycles. The number of nitro benzene ring substituents is 1. The number of amides is 1. The molecule has 2 rings (SSSR count). The molecule has 0 spiro atoms. The van der Waals surface area contributed by atoms with E-state index >= 15 is 0 Å². The first-order valence-electron chi connectivity index (χ1n) is 7.05. The summed E-state index contributed by atoms with van der Waals surface area (Å²) in [6.45, 7) is 5.39. The molecule has 0 aliphatic carbocycles. The number of carbonyl (C=O) groups is 1. The molecule has 6 heteroatoms. The number of hydrogen-bond donors (Lipinski definition) is 1. The Bertz CT molecular complexity index is 780. The van der Waals surface area contributed by atoms with Crippen LogP contribution >= 0.6 is 0 Å². The number of nitrogens with one attached hydrogen (secondary N) is 1. The van der Waals surface area contributed by atoms with Gasteiger partial charge in [-0.05, 0) is 38.5 Å². The zero-order valence-electron chi connectivity index (χ0n) is 13.2. The van der Waals surface area contributed by atoms with Gasteiger partial charge in [0.2, 0.25) is 0 Å². The van der Waals surface area contributed by atoms with Gasteiger partial charge in [-0.2, -0.15) is 5.10 Å². The molecule has 0 heterocycles. The smallest absolute Gasteiger partial charge is 0.267 e. The average molecular weight is 311 g/mol. The molecule has 0 bridgehead atoms. The van der Waals surface area contributed by atoms with Crippen molar-refractivity contribution in [1.82, 2.24) is 5.43 Å². The maximum atomic E-state index is 12.1. The van der Waals surface area contributed by atoms with E-state index in [-0.39, 0.29) is 5.69 Å². The van der Waals surface area contributed by atoms with Crippen molar-refractivity contribution in [3.8, 4) is 0 Å². The molecule has 0 aliphatic rings. The van der Waals surface area contributed by atoms with Crippen LogP contribution in [0.5, 0.6) is 0 Å². The summed E-state index contributed by atoms with van der Waals surface area (Å²) in [4.78, 5) is 22.4. The van der Waals surface area contributed by atoms with Crippen molar-refractivity contribution in [3.63, 3.8) is 0 Å². The molecule has 0 fully saturated rings. The SMILES string of the molecule is CC(=NNC(=O)c1ccc([N+](=O)[O-])c(C)c1)c1ccc(C)cc1. The number of aryl methyl sites for hydroxylation is 2. The maximum absolute atomic E-state index is 12.1. The van der Waals surface area contributed by atoms with Gasteiger partial charge in [-0.3, -0.25) is 14.9 Å². The number of hydrazone groups is 1. The molecule has 2 aromatic carbocycles. The normalized spacial score (nSPS) is 11.2. The summed E-state index contributed by atoms with van der Waals surface area (Å²) in [5.41, 5.74) is 5.95. The van der Waals surface area contributed by atoms with E-state index < -0.39 is 10.8 Å². The summed E-state index contributed by atoms with van der Waals surface area (Å²) in [6.07, 6.45) is 0. The second kappa shape index (κ2) is 6.83. The van der Waals surface area contributed by atoms with Crippen molar-refractivity contribution in [2.75, 3.05) is 0 Å². The van der Waals surface area contributed by atoms with Crippen molar-refractivity contribution in [2.45, 2.75) is 20.8 Å². The Labute approximate surface area is 134 Å². The minimum absolute atomic E-state index is 0.0131. The minimum Gasteiger partial charge on any atom is -0.267 e. The van der Waals surface area contributed by atoms with Gasteiger partial charge in [0.25, 0.3) is 11.6 Å². The summed E-state index contributed by atoms with van der Waals surface area (Å²) in [7, 11) is 0. The Morgan fingerprint density at radius 2 is 1.70 bits per heavy atom. The number of nitrogens with zero attached hydrogens (tertiary/aromatic N) is 2. The molecule has 0 aromatic heterocycles. The Morgan fingerprint density at radius 3 is 2.26 bits per heavy atom. The first kappa shape index (κ1) is 16.4. The largest absolute Gasteiger partial charge is 0.272 e. The van der Waals surface area contributed by atoms with Gasteiger partial charge in [0.1, 0.15) is 0 Å². The van der Waals surface area contributed by atoms with Crippen molar-refractivity contribution < 1.29 is 9.72 Å². The van der Waals surface area contributed by atoms with Crippen LogP contribution in [0, 0.1) is 24.0 Å². The highest BCUT2D eigenvalue weighted by molar-refractivity contribution is 6.01. The molecule has 0 saturated carbocycles. The molecule has 118 valence electrons. The van der Waals surface area contributed by atoms with Crippen LogP contribution in [0.25, 0.3) is 0 Å². The third-order valence-corrected chi connectivity index (χ3v) is 3.45. The van der Waals surface area contributed by atoms with Gasteiger partial charge in [-0.15, -0.1) is 0 Å². The Balaban J connectivity index is 2.12. The topological polar surface area (TPSA) is 84.6 Å². The molecule has 0 atom stereocenters. The fraction of sp³-hybridized carbons (Fsp3) is 0.176. The summed E-state index contributed by atoms with van der Waals surface area (Å²) in [5, 5.41) is 14.9. The van der Waals surface area contributed by atoms with E-state index in [9.17, 15) is 14.9 Å². The molecular formula is C17H17N3O3. The highest BCUT2D eigenvalue weighted by atomic mass is 16.6. The fourth-order valence-electron chi connectivity index (χ4n) is 2.06. The van der Waals surface area contributed by atoms with Gasteiger partial charge in [0.05, 0.1) is 10.6 Å². The average Bonchev–Trinajstić information content (AvgIpc) is 2.52. The lowest BCUT2D eigenvalue weighted by Gasteiger charge is -2.04. The van der Waals surface area contributed by atoms with E-state index in [0.717, 1.165) is 11.1 Å². The van der Waals surface area contributed by atoms with Crippen molar-refractivity contribution in [2.24, 2.45) is 5.10 Å². The van der Waals surface area contributed by atoms with E-state index in [1.807, 2.05) is 31.2 Å². The Morgan fingerprint density at radius 1 is 1.09 bits per heavy atom. The van der Waals surface area contributed by atoms with Gasteiger partial charge in [0.15, 0.2) is 0 Å². The molecule has 1 amide bonds. The first-order valence-corrected chi connectivity index (χ1v) is 7.05. The van der Waals surface area contributed by atoms with Crippen LogP contribution < -0.4 is 5.43 Å². The molecular weight excluding hydrogens is 294 g/mol. The number of hydrogen-bond acceptors (Lipinski definition) is 4. The van der Waals surface area contributed by atoms with Gasteiger partial charge in [-0.1, -0.05) is 29.8 Å². The van der Waals surface area contributed by atoms with Crippen LogP contribution in [0.4, 0.5) is 5.69 Å². The summed E-state index contributed by atoms with van der Waals surface area (Å²) < 4.78 is 0. The van der Waals surface area contributed by atoms with E-state index in [1.54, 1.807) is 13.8 Å². The summed E-state index contributed by atoms with van der Waals surface area (Å²) >= 11 is 0. The van der Waals surface area contributed by atoms with Crippen LogP contribution in [0.3, 0.4) is 0 Å². The van der Waals surface area contributed by atoms with Gasteiger partial charge < -0.3 is 0 Å². The fourth-order valence-corrected chi connectivity index (χ4v) is 2.06. The Hall–Kier alpha value is -3.02. The maximum Gasteiger partial charge on any atom is 0.272 e. The lowest BCUT2D eigenvalue weighted by molar-refractivity contribution is -0.385. The van der Waals surface area contributed by atoms with Crippen molar-refractivity contribution >= 4 is 17.3 Å². The zero-order valence-corrected chi connectivity index (χ0v) is 13.2. The van der Waals surface area contributed by atoms with E-state index in [1.165, 1.54) is 18.2 Å². The quantitative estimate of drug-likeness (QED) is 0.533. The highest BCUT2D eigenvalue weighted by Gasteiger charge is 2.13. The second-order valence-electron chi connectivity index (χ2n) is 5.26. The van der Waals surface area contributed by atoms with Gasteiger partial charge >= 0.3 is 0 Å². The lowest BCUT2D eigenvalue weighted by atomic mass is 10.1. The number of rotatable bonds is 4. The van der Waals surface area contributed by atoms with Gasteiger partial charge in [-0.25, -0.2) is 5.43 Å². The van der Waals surface area contributed by atoms with E-state index in [0.29, 0.717) is 16.8 Å². The molecule has 0 unspecified atom stereocenters. The third kappa shape index (κ3) is 4.00. The lowest BCUT2D eigenvalue weighted by Crippen LogP contribution is -2.19. The molecule has 0 saturated heterocycles. The van der Waals surface area contributed by atoms with Crippen molar-refractivity contribution in [3.05, 3.63) is 74.8 Å². The number of benzene rings is 2. The van der Waals surface area contributed by atoms with Gasteiger partial charge in [0, 0.05) is 17.2 Å². The summed E-state index contributed by atoms with van der Waals surface area (Å²) in [5.74, 6) is -0.408. The molecule has 1 N–H and O–H groups in total. The molecule has 2 aromatic rings. The second-order valence-corrected chi connectivity index (χ2v) is 5.26. The molecule has 0 radical (unpaired) electrons. The third-order valence-electron chi connectivity index (χ3n) is 3.45. The first-order chi connectivity index (χ1) is 10.9. The van der Waals surface area contributed by atoms with Crippen LogP contribution in [-0.4, -0.2) is 16.5 Å². The highest BCUT2D eigenvalue weighted by Crippen LogP contribution is 2.18. The molecule has 23 heavy (non-hydrogen) atoms. The van der Waals surface area contributed by atoms with E-state index in [2.05, 4.69) is 10.5 Å². The summed E-state index contributed by atoms with van der Waals surface area (Å²) in [6, 6.07) is 12.0. The Kier molecular flexibility index (Phi) is 4.85. The number of nitro groups is 1. The van der Waals surface area contributed by atoms with Crippen LogP contribution in [-0.2, 0) is 0 Å². The minimum atomic E-state index is -0.475. The van der Waals surface area contributed by atoms with Crippen LogP contribution in [0.1, 0.15) is 34.0 Å². The number of carbonyl (C=O) groups excluding carboxylic acids is 1. The monoisotopic (exact) mass is 311 g/mol. The van der Waals surface area contributed by atoms with Crippen molar-refractivity contribution in [1.29, 1.82) is 0 Å². The predicted molar refractivity (Wildman–Crippen MR) is 88.7 cm³/mol. The standard InChI is InChI=1S/C17H17N3O3/c1-11-4-6-14(7-5-11)13(3)18-19-17(21)15-8-9-16(20(22)23)12(2)10-15/h4-10H,1-3H3,(H,19,21). The van der Waals surface area contributed by atoms with Crippen LogP contribution in [0.2, 0.25) is 0 Å². The zero-order chi connectivity index (χ0) is 17.0. The predicted octanol–water partition coefficient (Wildman–Crippen LogP) is 3.37. The van der Waals surface area contributed by atoms with Crippen LogP contribution in [0.15, 0.2) is 47.6 Å². The van der Waals surface area contributed by atoms with E-state index in [4.69, 9.17) is 0 Å².